The van der Waals surface area contributed by atoms with Crippen molar-refractivity contribution in [2.45, 2.75) is 104 Å². The maximum atomic E-state index is 12.8. The number of aromatic amines is 1. The highest BCUT2D eigenvalue weighted by Gasteiger charge is 2.27. The number of nitrogens with one attached hydrogen (secondary N) is 2. The Morgan fingerprint density at radius 3 is 2.40 bits per heavy atom. The van der Waals surface area contributed by atoms with E-state index in [9.17, 15) is 4.79 Å². The fraction of sp³-hybridized carbons (Fsp3) is 0.667. The molecule has 1 aromatic heterocycles. The molecule has 0 aliphatic carbocycles. The summed E-state index contributed by atoms with van der Waals surface area (Å²) in [6, 6.07) is 8.93. The molecule has 0 unspecified atom stereocenters. The Balaban J connectivity index is 1.53. The molecule has 1 amide bonds. The summed E-state index contributed by atoms with van der Waals surface area (Å²) in [4.78, 5) is 20.5. The number of unbranched alkanes of at least 4 members (excludes halogenated alkanes) is 9. The summed E-state index contributed by atoms with van der Waals surface area (Å²) in [6.45, 7) is 7.84. The smallest absolute Gasteiger partial charge is 0.291 e. The van der Waals surface area contributed by atoms with Gasteiger partial charge in [0.2, 0.25) is 5.91 Å². The third-order valence-electron chi connectivity index (χ3n) is 7.67. The van der Waals surface area contributed by atoms with Crippen LogP contribution in [0.5, 0.6) is 0 Å². The Hall–Kier alpha value is -2.30. The summed E-state index contributed by atoms with van der Waals surface area (Å²) in [6.07, 6.45) is 17.7. The minimum atomic E-state index is -0.0809. The zero-order valence-electron chi connectivity index (χ0n) is 22.3. The van der Waals surface area contributed by atoms with E-state index < -0.39 is 0 Å². The number of ether oxygens (including phenoxy) is 1. The summed E-state index contributed by atoms with van der Waals surface area (Å²) in [5.74, 6) is 0.781. The molecule has 2 aromatic rings. The molecule has 1 aliphatic rings. The predicted octanol–water partition coefficient (Wildman–Crippen LogP) is 7.73. The lowest BCUT2D eigenvalue weighted by atomic mass is 9.78. The molecule has 0 radical (unpaired) electrons. The Bertz CT molecular complexity index is 919. The number of para-hydroxylation sites is 1. The van der Waals surface area contributed by atoms with Crippen molar-refractivity contribution in [3.63, 3.8) is 0 Å². The number of hydrogen-bond donors (Lipinski definition) is 2. The van der Waals surface area contributed by atoms with Crippen LogP contribution in [0.2, 0.25) is 0 Å². The molecule has 2 heterocycles. The van der Waals surface area contributed by atoms with E-state index in [1.165, 1.54) is 80.7 Å². The number of amidine groups is 1. The Labute approximate surface area is 212 Å². The minimum absolute atomic E-state index is 0.0184. The molecule has 3 atom stereocenters. The molecule has 3 rings (SSSR count). The molecule has 194 valence electrons. The van der Waals surface area contributed by atoms with Gasteiger partial charge in [0.25, 0.3) is 6.02 Å². The van der Waals surface area contributed by atoms with E-state index in [-0.39, 0.29) is 11.8 Å². The summed E-state index contributed by atoms with van der Waals surface area (Å²) in [5.41, 5.74) is 2.56. The summed E-state index contributed by atoms with van der Waals surface area (Å²) in [7, 11) is 0. The third kappa shape index (κ3) is 8.70. The fourth-order valence-corrected chi connectivity index (χ4v) is 5.39. The molecule has 1 aromatic carbocycles. The van der Waals surface area contributed by atoms with Crippen LogP contribution >= 0.6 is 0 Å². The highest BCUT2D eigenvalue weighted by molar-refractivity contribution is 5.95. The highest BCUT2D eigenvalue weighted by Crippen LogP contribution is 2.37. The van der Waals surface area contributed by atoms with E-state index in [0.29, 0.717) is 31.0 Å². The maximum Gasteiger partial charge on any atom is 0.291 e. The number of benzene rings is 1. The molecule has 1 aliphatic heterocycles. The van der Waals surface area contributed by atoms with Crippen molar-refractivity contribution in [1.82, 2.24) is 10.3 Å². The van der Waals surface area contributed by atoms with Crippen LogP contribution in [0.15, 0.2) is 35.5 Å². The number of H-pyrrole nitrogens is 1. The summed E-state index contributed by atoms with van der Waals surface area (Å²) < 4.78 is 5.39. The van der Waals surface area contributed by atoms with Gasteiger partial charge in [-0.2, -0.15) is 0 Å². The van der Waals surface area contributed by atoms with Crippen LogP contribution in [0, 0.1) is 11.8 Å². The van der Waals surface area contributed by atoms with Gasteiger partial charge in [0.15, 0.2) is 0 Å². The van der Waals surface area contributed by atoms with E-state index in [4.69, 9.17) is 4.74 Å². The average molecular weight is 482 g/mol. The highest BCUT2D eigenvalue weighted by atomic mass is 16.5. The third-order valence-corrected chi connectivity index (χ3v) is 7.67. The van der Waals surface area contributed by atoms with Crippen LogP contribution in [-0.2, 0) is 9.53 Å². The number of hydrogen-bond acceptors (Lipinski definition) is 3. The number of aromatic nitrogens is 1. The van der Waals surface area contributed by atoms with Gasteiger partial charge in [-0.25, -0.2) is 4.99 Å². The molecule has 0 spiro atoms. The molecule has 2 N–H and O–H groups in total. The van der Waals surface area contributed by atoms with Gasteiger partial charge in [0.1, 0.15) is 6.61 Å². The van der Waals surface area contributed by atoms with E-state index in [1.807, 2.05) is 6.92 Å². The van der Waals surface area contributed by atoms with Crippen molar-refractivity contribution in [1.29, 1.82) is 0 Å². The van der Waals surface area contributed by atoms with Gasteiger partial charge in [-0.05, 0) is 36.3 Å². The second-order valence-electron chi connectivity index (χ2n) is 10.5. The fourth-order valence-electron chi connectivity index (χ4n) is 5.39. The maximum absolute atomic E-state index is 12.8. The zero-order valence-corrected chi connectivity index (χ0v) is 22.3. The van der Waals surface area contributed by atoms with Gasteiger partial charge in [-0.15, -0.1) is 0 Å². The van der Waals surface area contributed by atoms with Crippen LogP contribution in [-0.4, -0.2) is 30.1 Å². The topological polar surface area (TPSA) is 66.5 Å². The number of carbonyl (C=O) groups is 1. The van der Waals surface area contributed by atoms with Gasteiger partial charge < -0.3 is 9.72 Å². The SMILES string of the molecule is CCCCCCCCCCCC[C@@H](C[C@H](C)C(=O)NC1=NCCO1)[C@@H](C)c1c[nH]c2ccccc12. The lowest BCUT2D eigenvalue weighted by Gasteiger charge is -2.26. The first kappa shape index (κ1) is 27.3. The number of aliphatic imine (C=N–C) groups is 1. The Morgan fingerprint density at radius 1 is 1.03 bits per heavy atom. The van der Waals surface area contributed by atoms with Gasteiger partial charge >= 0.3 is 0 Å². The zero-order chi connectivity index (χ0) is 24.9. The number of amides is 1. The second kappa shape index (κ2) is 15.0. The number of carbonyl (C=O) groups excluding carboxylic acids is 1. The molecule has 0 bridgehead atoms. The van der Waals surface area contributed by atoms with Crippen molar-refractivity contribution >= 4 is 22.8 Å². The van der Waals surface area contributed by atoms with Crippen LogP contribution in [0.1, 0.15) is 109 Å². The van der Waals surface area contributed by atoms with E-state index >= 15 is 0 Å². The van der Waals surface area contributed by atoms with Crippen LogP contribution in [0.3, 0.4) is 0 Å². The van der Waals surface area contributed by atoms with Crippen LogP contribution in [0.4, 0.5) is 0 Å². The quantitative estimate of drug-likeness (QED) is 0.241. The normalized spacial score (nSPS) is 16.0. The first-order valence-corrected chi connectivity index (χ1v) is 14.1. The van der Waals surface area contributed by atoms with E-state index in [2.05, 4.69) is 59.6 Å². The molecule has 5 nitrogen and oxygen atoms in total. The van der Waals surface area contributed by atoms with Crippen molar-refractivity contribution in [2.75, 3.05) is 13.2 Å². The molecule has 0 saturated carbocycles. The van der Waals surface area contributed by atoms with Gasteiger partial charge in [-0.1, -0.05) is 103 Å². The average Bonchev–Trinajstić information content (AvgIpc) is 3.54. The number of rotatable bonds is 16. The van der Waals surface area contributed by atoms with Crippen LogP contribution in [0.25, 0.3) is 10.9 Å². The minimum Gasteiger partial charge on any atom is -0.463 e. The standard InChI is InChI=1S/C30H47N3O2/c1-4-5-6-7-8-9-10-11-12-13-16-25(21-23(2)29(34)33-30-31-19-20-35-30)24(3)27-22-32-28-18-15-14-17-26(27)28/h14-15,17-18,22-25,32H,4-13,16,19-21H2,1-3H3,(H,31,33,34)/t23-,24+,25-/m0/s1. The van der Waals surface area contributed by atoms with Gasteiger partial charge in [0, 0.05) is 23.0 Å². The Kier molecular flexibility index (Phi) is 11.7. The molecule has 5 heteroatoms. The molecule has 0 saturated heterocycles. The molecule has 0 fully saturated rings. The Morgan fingerprint density at radius 2 is 1.71 bits per heavy atom. The van der Waals surface area contributed by atoms with Crippen molar-refractivity contribution in [3.05, 3.63) is 36.0 Å². The predicted molar refractivity (Wildman–Crippen MR) is 147 cm³/mol. The van der Waals surface area contributed by atoms with E-state index in [1.54, 1.807) is 0 Å². The van der Waals surface area contributed by atoms with Crippen molar-refractivity contribution in [3.8, 4) is 0 Å². The second-order valence-corrected chi connectivity index (χ2v) is 10.5. The van der Waals surface area contributed by atoms with E-state index in [0.717, 1.165) is 12.8 Å². The molecular weight excluding hydrogens is 434 g/mol. The first-order valence-electron chi connectivity index (χ1n) is 14.1. The number of fused-ring (bicyclic) bond motifs is 1. The first-order chi connectivity index (χ1) is 17.1. The van der Waals surface area contributed by atoms with Crippen molar-refractivity contribution in [2.24, 2.45) is 16.8 Å². The lowest BCUT2D eigenvalue weighted by Crippen LogP contribution is -2.36. The molecule has 35 heavy (non-hydrogen) atoms. The molecular formula is C30H47N3O2. The largest absolute Gasteiger partial charge is 0.463 e. The monoisotopic (exact) mass is 481 g/mol. The van der Waals surface area contributed by atoms with Crippen LogP contribution < -0.4 is 5.32 Å². The summed E-state index contributed by atoms with van der Waals surface area (Å²) in [5, 5.41) is 4.18. The number of nitrogens with zero attached hydrogens (tertiary/aromatic N) is 1. The van der Waals surface area contributed by atoms with Crippen molar-refractivity contribution < 1.29 is 9.53 Å². The van der Waals surface area contributed by atoms with Gasteiger partial charge in [-0.3, -0.25) is 10.1 Å². The van der Waals surface area contributed by atoms with Gasteiger partial charge in [0.05, 0.1) is 6.54 Å². The lowest BCUT2D eigenvalue weighted by molar-refractivity contribution is -0.123. The summed E-state index contributed by atoms with van der Waals surface area (Å²) >= 11 is 0.